The van der Waals surface area contributed by atoms with E-state index < -0.39 is 5.97 Å². The maximum Gasteiger partial charge on any atom is 0.331 e. The Morgan fingerprint density at radius 1 is 1.14 bits per heavy atom. The van der Waals surface area contributed by atoms with Crippen LogP contribution < -0.4 is 4.74 Å². The van der Waals surface area contributed by atoms with Gasteiger partial charge in [-0.15, -0.1) is 0 Å². The Morgan fingerprint density at radius 3 is 2.50 bits per heavy atom. The number of nitrogens with zero attached hydrogens (tertiary/aromatic N) is 1. The van der Waals surface area contributed by atoms with Gasteiger partial charge in [-0.05, 0) is 57.2 Å². The number of hydrogen-bond acceptors (Lipinski definition) is 5. The molecule has 0 saturated carbocycles. The van der Waals surface area contributed by atoms with Gasteiger partial charge in [0.2, 0.25) is 0 Å². The first kappa shape index (κ1) is 21.3. The molecule has 0 unspecified atom stereocenters. The number of benzene rings is 1. The summed E-state index contributed by atoms with van der Waals surface area (Å²) in [6.45, 7) is 3.24. The molecule has 2 rings (SSSR count). The summed E-state index contributed by atoms with van der Waals surface area (Å²) >= 11 is 0. The first-order valence-electron chi connectivity index (χ1n) is 9.28. The number of hydrogen-bond donors (Lipinski definition) is 3. The molecular weight excluding hydrogens is 358 g/mol. The van der Waals surface area contributed by atoms with Crippen molar-refractivity contribution in [1.29, 1.82) is 0 Å². The summed E-state index contributed by atoms with van der Waals surface area (Å²) in [6, 6.07) is 3.93. The third kappa shape index (κ3) is 5.03. The quantitative estimate of drug-likeness (QED) is 0.336. The SMILES string of the molecule is COc1c(C)c(O)c(C=C(CCCCCc2cccnc2)C(=O)O)c(C)c1O. The van der Waals surface area contributed by atoms with Crippen molar-refractivity contribution in [2.75, 3.05) is 7.11 Å². The molecule has 0 aliphatic carbocycles. The average Bonchev–Trinajstić information content (AvgIpc) is 2.69. The lowest BCUT2D eigenvalue weighted by Crippen LogP contribution is -2.02. The van der Waals surface area contributed by atoms with Gasteiger partial charge < -0.3 is 20.1 Å². The largest absolute Gasteiger partial charge is 0.507 e. The number of ether oxygens (including phenoxy) is 1. The van der Waals surface area contributed by atoms with E-state index >= 15 is 0 Å². The highest BCUT2D eigenvalue weighted by Gasteiger charge is 2.20. The van der Waals surface area contributed by atoms with Gasteiger partial charge in [-0.2, -0.15) is 0 Å². The summed E-state index contributed by atoms with van der Waals surface area (Å²) in [5, 5.41) is 30.3. The van der Waals surface area contributed by atoms with Crippen LogP contribution in [0.2, 0.25) is 0 Å². The van der Waals surface area contributed by atoms with Crippen LogP contribution in [0.5, 0.6) is 17.2 Å². The number of aliphatic carboxylic acids is 1. The van der Waals surface area contributed by atoms with E-state index in [1.807, 2.05) is 18.3 Å². The summed E-state index contributed by atoms with van der Waals surface area (Å²) < 4.78 is 5.12. The van der Waals surface area contributed by atoms with E-state index in [0.29, 0.717) is 23.1 Å². The molecular formula is C22H27NO5. The Bertz CT molecular complexity index is 830. The minimum Gasteiger partial charge on any atom is -0.507 e. The van der Waals surface area contributed by atoms with Crippen LogP contribution in [0, 0.1) is 13.8 Å². The van der Waals surface area contributed by atoms with Crippen LogP contribution in [0.25, 0.3) is 6.08 Å². The van der Waals surface area contributed by atoms with E-state index in [1.54, 1.807) is 20.0 Å². The summed E-state index contributed by atoms with van der Waals surface area (Å²) in [4.78, 5) is 15.7. The number of carboxylic acid groups (broad SMARTS) is 1. The zero-order valence-corrected chi connectivity index (χ0v) is 16.5. The van der Waals surface area contributed by atoms with Gasteiger partial charge in [0.25, 0.3) is 0 Å². The molecule has 1 aromatic carbocycles. The van der Waals surface area contributed by atoms with E-state index in [0.717, 1.165) is 25.7 Å². The van der Waals surface area contributed by atoms with Crippen molar-refractivity contribution in [1.82, 2.24) is 4.98 Å². The molecule has 0 radical (unpaired) electrons. The molecule has 1 heterocycles. The van der Waals surface area contributed by atoms with Crippen molar-refractivity contribution in [3.8, 4) is 17.2 Å². The van der Waals surface area contributed by atoms with Crippen molar-refractivity contribution < 1.29 is 24.9 Å². The zero-order chi connectivity index (χ0) is 20.7. The van der Waals surface area contributed by atoms with E-state index in [1.165, 1.54) is 18.7 Å². The number of aryl methyl sites for hydroxylation is 1. The summed E-state index contributed by atoms with van der Waals surface area (Å²) in [6.07, 6.45) is 8.87. The van der Waals surface area contributed by atoms with Crippen molar-refractivity contribution in [3.63, 3.8) is 0 Å². The molecule has 0 amide bonds. The predicted molar refractivity (Wildman–Crippen MR) is 108 cm³/mol. The van der Waals surface area contributed by atoms with Crippen molar-refractivity contribution in [2.45, 2.75) is 46.0 Å². The number of unbranched alkanes of at least 4 members (excludes halogenated alkanes) is 2. The van der Waals surface area contributed by atoms with Gasteiger partial charge in [-0.25, -0.2) is 4.79 Å². The molecule has 0 atom stereocenters. The average molecular weight is 385 g/mol. The number of phenols is 2. The molecule has 0 fully saturated rings. The second-order valence-electron chi connectivity index (χ2n) is 6.79. The normalized spacial score (nSPS) is 11.5. The first-order chi connectivity index (χ1) is 13.4. The molecule has 0 aliphatic heterocycles. The number of aromatic hydroxyl groups is 2. The number of rotatable bonds is 9. The number of pyridine rings is 1. The van der Waals surface area contributed by atoms with Crippen LogP contribution in [-0.4, -0.2) is 33.4 Å². The highest BCUT2D eigenvalue weighted by Crippen LogP contribution is 2.43. The highest BCUT2D eigenvalue weighted by molar-refractivity contribution is 5.93. The van der Waals surface area contributed by atoms with Crippen molar-refractivity contribution in [2.24, 2.45) is 0 Å². The third-order valence-corrected chi connectivity index (χ3v) is 4.86. The standard InChI is InChI=1S/C22H27NO5/c1-14-18(19(24)15(2)21(28-3)20(14)25)12-17(22(26)27)10-6-4-5-8-16-9-7-11-23-13-16/h7,9,11-13,24-25H,4-6,8,10H2,1-3H3,(H,26,27). The molecule has 0 saturated heterocycles. The lowest BCUT2D eigenvalue weighted by Gasteiger charge is -2.15. The fourth-order valence-electron chi connectivity index (χ4n) is 3.17. The molecule has 6 nitrogen and oxygen atoms in total. The molecule has 1 aromatic heterocycles. The molecule has 6 heteroatoms. The fraction of sp³-hybridized carbons (Fsp3) is 0.364. The second-order valence-corrected chi connectivity index (χ2v) is 6.79. The van der Waals surface area contributed by atoms with Crippen LogP contribution in [0.15, 0.2) is 30.1 Å². The van der Waals surface area contributed by atoms with E-state index in [4.69, 9.17) is 4.74 Å². The second kappa shape index (κ2) is 9.78. The van der Waals surface area contributed by atoms with Gasteiger partial charge in [-0.1, -0.05) is 12.5 Å². The summed E-state index contributed by atoms with van der Waals surface area (Å²) in [5.74, 6) is -1.01. The molecule has 150 valence electrons. The lowest BCUT2D eigenvalue weighted by atomic mass is 9.97. The highest BCUT2D eigenvalue weighted by atomic mass is 16.5. The Hall–Kier alpha value is -3.02. The first-order valence-corrected chi connectivity index (χ1v) is 9.28. The predicted octanol–water partition coefficient (Wildman–Crippen LogP) is 4.39. The van der Waals surface area contributed by atoms with Gasteiger partial charge in [0.1, 0.15) is 5.75 Å². The maximum atomic E-state index is 11.7. The Morgan fingerprint density at radius 2 is 1.89 bits per heavy atom. The van der Waals surface area contributed by atoms with Crippen LogP contribution >= 0.6 is 0 Å². The molecule has 2 aromatic rings. The minimum atomic E-state index is -1.03. The summed E-state index contributed by atoms with van der Waals surface area (Å²) in [5.41, 5.74) is 2.43. The number of methoxy groups -OCH3 is 1. The van der Waals surface area contributed by atoms with E-state index in [9.17, 15) is 20.1 Å². The van der Waals surface area contributed by atoms with Crippen molar-refractivity contribution >= 4 is 12.0 Å². The van der Waals surface area contributed by atoms with Gasteiger partial charge >= 0.3 is 5.97 Å². The number of carbonyl (C=O) groups is 1. The number of phenolic OH excluding ortho intramolecular Hbond substituents is 2. The van der Waals surface area contributed by atoms with Crippen LogP contribution in [0.4, 0.5) is 0 Å². The monoisotopic (exact) mass is 385 g/mol. The third-order valence-electron chi connectivity index (χ3n) is 4.86. The van der Waals surface area contributed by atoms with Crippen LogP contribution in [0.3, 0.4) is 0 Å². The Balaban J connectivity index is 2.09. The molecule has 0 bridgehead atoms. The van der Waals surface area contributed by atoms with Gasteiger partial charge in [0.05, 0.1) is 7.11 Å². The number of carboxylic acids is 1. The molecule has 3 N–H and O–H groups in total. The molecule has 28 heavy (non-hydrogen) atoms. The van der Waals surface area contributed by atoms with Crippen LogP contribution in [0.1, 0.15) is 47.9 Å². The molecule has 0 spiro atoms. The lowest BCUT2D eigenvalue weighted by molar-refractivity contribution is -0.132. The smallest absolute Gasteiger partial charge is 0.331 e. The zero-order valence-electron chi connectivity index (χ0n) is 16.5. The van der Waals surface area contributed by atoms with Gasteiger partial charge in [-0.3, -0.25) is 4.98 Å². The van der Waals surface area contributed by atoms with Gasteiger partial charge in [0.15, 0.2) is 11.5 Å². The fourth-order valence-corrected chi connectivity index (χ4v) is 3.17. The van der Waals surface area contributed by atoms with Crippen LogP contribution in [-0.2, 0) is 11.2 Å². The van der Waals surface area contributed by atoms with Gasteiger partial charge in [0, 0.05) is 34.7 Å². The molecule has 0 aliphatic rings. The van der Waals surface area contributed by atoms with E-state index in [2.05, 4.69) is 4.98 Å². The van der Waals surface area contributed by atoms with Crippen molar-refractivity contribution in [3.05, 3.63) is 52.4 Å². The Labute approximate surface area is 165 Å². The van der Waals surface area contributed by atoms with E-state index in [-0.39, 0.29) is 22.8 Å². The maximum absolute atomic E-state index is 11.7. The topological polar surface area (TPSA) is 99.9 Å². The Kier molecular flexibility index (Phi) is 7.44. The number of aromatic nitrogens is 1. The minimum absolute atomic E-state index is 0.0810. The summed E-state index contributed by atoms with van der Waals surface area (Å²) in [7, 11) is 1.41.